The highest BCUT2D eigenvalue weighted by atomic mass is 16.3. The van der Waals surface area contributed by atoms with E-state index < -0.39 is 0 Å². The van der Waals surface area contributed by atoms with Crippen molar-refractivity contribution in [3.63, 3.8) is 0 Å². The Labute approximate surface area is 153 Å². The maximum atomic E-state index is 12.5. The van der Waals surface area contributed by atoms with E-state index in [2.05, 4.69) is 15.6 Å². The van der Waals surface area contributed by atoms with E-state index in [-0.39, 0.29) is 11.6 Å². The first-order valence-electron chi connectivity index (χ1n) is 9.71. The summed E-state index contributed by atoms with van der Waals surface area (Å²) in [6.07, 6.45) is 12.8. The van der Waals surface area contributed by atoms with Gasteiger partial charge in [0.1, 0.15) is 0 Å². The zero-order chi connectivity index (χ0) is 17.6. The van der Waals surface area contributed by atoms with Gasteiger partial charge in [-0.25, -0.2) is 4.79 Å². The van der Waals surface area contributed by atoms with Gasteiger partial charge in [-0.1, -0.05) is 6.07 Å². The number of rotatable bonds is 4. The van der Waals surface area contributed by atoms with Crippen molar-refractivity contribution in [1.29, 1.82) is 0 Å². The van der Waals surface area contributed by atoms with Crippen LogP contribution >= 0.6 is 0 Å². The molecule has 2 heterocycles. The van der Waals surface area contributed by atoms with Crippen molar-refractivity contribution in [1.82, 2.24) is 15.6 Å². The molecule has 4 saturated carbocycles. The van der Waals surface area contributed by atoms with E-state index in [1.54, 1.807) is 12.5 Å². The Morgan fingerprint density at radius 3 is 2.42 bits per heavy atom. The molecule has 6 rings (SSSR count). The highest BCUT2D eigenvalue weighted by Gasteiger charge is 2.51. The number of amides is 2. The van der Waals surface area contributed by atoms with Gasteiger partial charge in [-0.15, -0.1) is 0 Å². The van der Waals surface area contributed by atoms with Crippen molar-refractivity contribution in [3.8, 4) is 11.3 Å². The Hall–Kier alpha value is -2.30. The molecule has 0 radical (unpaired) electrons. The van der Waals surface area contributed by atoms with Crippen LogP contribution in [0.1, 0.15) is 44.1 Å². The fourth-order valence-electron chi connectivity index (χ4n) is 5.84. The molecule has 0 saturated heterocycles. The van der Waals surface area contributed by atoms with Crippen molar-refractivity contribution >= 4 is 6.03 Å². The van der Waals surface area contributed by atoms with Gasteiger partial charge in [0.15, 0.2) is 0 Å². The fraction of sp³-hybridized carbons (Fsp3) is 0.524. The van der Waals surface area contributed by atoms with Crippen LogP contribution in [0.4, 0.5) is 4.79 Å². The average molecular weight is 351 g/mol. The molecule has 5 nitrogen and oxygen atoms in total. The van der Waals surface area contributed by atoms with Crippen LogP contribution in [-0.2, 0) is 6.54 Å². The van der Waals surface area contributed by atoms with Gasteiger partial charge in [0, 0.05) is 23.8 Å². The first-order chi connectivity index (χ1) is 12.7. The lowest BCUT2D eigenvalue weighted by Gasteiger charge is -2.56. The Bertz CT molecular complexity index is 747. The number of pyridine rings is 1. The minimum atomic E-state index is -0.0362. The number of nitrogens with one attached hydrogen (secondary N) is 2. The second-order valence-corrected chi connectivity index (χ2v) is 8.57. The molecule has 4 fully saturated rings. The third-order valence-electron chi connectivity index (χ3n) is 6.51. The predicted molar refractivity (Wildman–Crippen MR) is 98.2 cm³/mol. The average Bonchev–Trinajstić information content (AvgIpc) is 3.13. The third kappa shape index (κ3) is 3.00. The summed E-state index contributed by atoms with van der Waals surface area (Å²) in [5.41, 5.74) is 2.89. The van der Waals surface area contributed by atoms with Gasteiger partial charge in [-0.2, -0.15) is 0 Å². The second kappa shape index (κ2) is 6.15. The van der Waals surface area contributed by atoms with Crippen LogP contribution in [0.2, 0.25) is 0 Å². The van der Waals surface area contributed by atoms with Crippen LogP contribution in [0.25, 0.3) is 11.3 Å². The van der Waals surface area contributed by atoms with E-state index in [1.165, 1.54) is 38.5 Å². The van der Waals surface area contributed by atoms with Gasteiger partial charge in [-0.3, -0.25) is 4.98 Å². The first-order valence-corrected chi connectivity index (χ1v) is 9.71. The monoisotopic (exact) mass is 351 g/mol. The predicted octanol–water partition coefficient (Wildman–Crippen LogP) is 4.11. The topological polar surface area (TPSA) is 67.2 Å². The molecule has 0 unspecified atom stereocenters. The molecule has 2 N–H and O–H groups in total. The molecular formula is C21H25N3O2. The van der Waals surface area contributed by atoms with Crippen LogP contribution in [-0.4, -0.2) is 16.6 Å². The van der Waals surface area contributed by atoms with Gasteiger partial charge in [0.25, 0.3) is 0 Å². The standard InChI is InChI=1S/C21H25N3O2/c25-20(24-21-8-15-5-16(9-21)7-17(6-15)10-21)23-12-14-1-2-19(22-11-14)18-3-4-26-13-18/h1-4,11,13,15-17H,5-10,12H2,(H2,23,24,25). The summed E-state index contributed by atoms with van der Waals surface area (Å²) in [5, 5.41) is 6.37. The number of carbonyl (C=O) groups excluding carboxylic acids is 1. The van der Waals surface area contributed by atoms with E-state index in [4.69, 9.17) is 4.42 Å². The summed E-state index contributed by atoms with van der Waals surface area (Å²) in [4.78, 5) is 16.9. The van der Waals surface area contributed by atoms with E-state index in [0.717, 1.165) is 34.6 Å². The first kappa shape index (κ1) is 15.9. The zero-order valence-corrected chi connectivity index (χ0v) is 14.9. The van der Waals surface area contributed by atoms with Gasteiger partial charge in [-0.05, 0) is 74.0 Å². The van der Waals surface area contributed by atoms with E-state index in [9.17, 15) is 4.79 Å². The molecule has 5 heteroatoms. The van der Waals surface area contributed by atoms with Crippen molar-refractivity contribution in [2.24, 2.45) is 17.8 Å². The SMILES string of the molecule is O=C(NCc1ccc(-c2ccoc2)nc1)NC12CC3CC(CC(C3)C1)C2. The second-order valence-electron chi connectivity index (χ2n) is 8.57. The van der Waals surface area contributed by atoms with Crippen molar-refractivity contribution in [3.05, 3.63) is 42.5 Å². The zero-order valence-electron chi connectivity index (χ0n) is 14.9. The van der Waals surface area contributed by atoms with Gasteiger partial charge in [0.2, 0.25) is 0 Å². The van der Waals surface area contributed by atoms with Crippen LogP contribution < -0.4 is 10.6 Å². The summed E-state index contributed by atoms with van der Waals surface area (Å²) in [6, 6.07) is 5.81. The van der Waals surface area contributed by atoms with Crippen molar-refractivity contribution in [2.45, 2.75) is 50.6 Å². The molecule has 0 aliphatic heterocycles. The highest BCUT2D eigenvalue weighted by molar-refractivity contribution is 5.75. The van der Waals surface area contributed by atoms with Crippen LogP contribution in [0.5, 0.6) is 0 Å². The van der Waals surface area contributed by atoms with E-state index in [1.807, 2.05) is 24.4 Å². The molecule has 0 spiro atoms. The van der Waals surface area contributed by atoms with Gasteiger partial charge >= 0.3 is 6.03 Å². The van der Waals surface area contributed by atoms with Crippen LogP contribution in [0.15, 0.2) is 41.3 Å². The normalized spacial score (nSPS) is 31.8. The lowest BCUT2D eigenvalue weighted by atomic mass is 9.53. The summed E-state index contributed by atoms with van der Waals surface area (Å²) < 4.78 is 5.09. The number of aromatic nitrogens is 1. The number of hydrogen-bond acceptors (Lipinski definition) is 3. The molecule has 26 heavy (non-hydrogen) atoms. The molecule has 0 atom stereocenters. The Morgan fingerprint density at radius 1 is 1.12 bits per heavy atom. The molecule has 2 aromatic heterocycles. The molecule has 4 aliphatic carbocycles. The molecule has 2 amide bonds. The summed E-state index contributed by atoms with van der Waals surface area (Å²) in [7, 11) is 0. The van der Waals surface area contributed by atoms with Crippen LogP contribution in [0, 0.1) is 17.8 Å². The molecule has 2 aromatic rings. The number of nitrogens with zero attached hydrogens (tertiary/aromatic N) is 1. The smallest absolute Gasteiger partial charge is 0.315 e. The maximum absolute atomic E-state index is 12.5. The maximum Gasteiger partial charge on any atom is 0.315 e. The summed E-state index contributed by atoms with van der Waals surface area (Å²) in [6.45, 7) is 0.497. The molecular weight excluding hydrogens is 326 g/mol. The molecule has 136 valence electrons. The van der Waals surface area contributed by atoms with Gasteiger partial charge in [0.05, 0.1) is 18.2 Å². The van der Waals surface area contributed by atoms with Crippen LogP contribution in [0.3, 0.4) is 0 Å². The number of carbonyl (C=O) groups is 1. The molecule has 4 bridgehead atoms. The van der Waals surface area contributed by atoms with Gasteiger partial charge < -0.3 is 15.1 Å². The minimum Gasteiger partial charge on any atom is -0.472 e. The fourth-order valence-corrected chi connectivity index (χ4v) is 5.84. The Morgan fingerprint density at radius 2 is 1.85 bits per heavy atom. The summed E-state index contributed by atoms with van der Waals surface area (Å²) in [5.74, 6) is 2.50. The number of hydrogen-bond donors (Lipinski definition) is 2. The Kier molecular flexibility index (Phi) is 3.76. The number of furan rings is 1. The minimum absolute atomic E-state index is 0.0362. The van der Waals surface area contributed by atoms with E-state index >= 15 is 0 Å². The molecule has 0 aromatic carbocycles. The third-order valence-corrected chi connectivity index (χ3v) is 6.51. The lowest BCUT2D eigenvalue weighted by molar-refractivity contribution is -0.0135. The van der Waals surface area contributed by atoms with E-state index in [0.29, 0.717) is 6.54 Å². The largest absolute Gasteiger partial charge is 0.472 e. The highest BCUT2D eigenvalue weighted by Crippen LogP contribution is 2.55. The lowest BCUT2D eigenvalue weighted by Crippen LogP contribution is -2.61. The Balaban J connectivity index is 1.18. The van der Waals surface area contributed by atoms with Crippen molar-refractivity contribution in [2.75, 3.05) is 0 Å². The molecule has 4 aliphatic rings. The number of urea groups is 1. The van der Waals surface area contributed by atoms with Crippen molar-refractivity contribution < 1.29 is 9.21 Å². The summed E-state index contributed by atoms with van der Waals surface area (Å²) >= 11 is 0. The quantitative estimate of drug-likeness (QED) is 0.871.